The first-order valence-corrected chi connectivity index (χ1v) is 6.84. The van der Waals surface area contributed by atoms with Crippen LogP contribution in [0.1, 0.15) is 12.8 Å². The Hall–Kier alpha value is -1.13. The molecule has 1 saturated heterocycles. The van der Waals surface area contributed by atoms with Crippen LogP contribution in [-0.4, -0.2) is 40.4 Å². The quantitative estimate of drug-likeness (QED) is 0.885. The van der Waals surface area contributed by atoms with Crippen LogP contribution in [0.3, 0.4) is 0 Å². The predicted octanol–water partition coefficient (Wildman–Crippen LogP) is 2.28. The third-order valence-corrected chi connectivity index (χ3v) is 3.78. The predicted molar refractivity (Wildman–Crippen MR) is 76.1 cm³/mol. The molecule has 0 spiro atoms. The number of halogens is 1. The molecule has 1 N–H and O–H groups in total. The van der Waals surface area contributed by atoms with E-state index in [0.29, 0.717) is 0 Å². The third-order valence-electron chi connectivity index (χ3n) is 3.78. The maximum atomic E-state index is 13.3. The number of rotatable bonds is 5. The molecule has 1 atom stereocenters. The second-order valence-corrected chi connectivity index (χ2v) is 5.52. The SMILES string of the molecule is CNCC1(CN(C)c2cccc(F)c2)CCCOC1. The highest BCUT2D eigenvalue weighted by Crippen LogP contribution is 2.30. The highest BCUT2D eigenvalue weighted by Gasteiger charge is 2.33. The summed E-state index contributed by atoms with van der Waals surface area (Å²) >= 11 is 0. The molecule has 1 aliphatic heterocycles. The molecule has 0 bridgehead atoms. The fourth-order valence-electron chi connectivity index (χ4n) is 2.91. The minimum absolute atomic E-state index is 0.119. The Labute approximate surface area is 114 Å². The fourth-order valence-corrected chi connectivity index (χ4v) is 2.91. The molecule has 1 aromatic rings. The molecule has 19 heavy (non-hydrogen) atoms. The molecule has 1 heterocycles. The van der Waals surface area contributed by atoms with E-state index >= 15 is 0 Å². The average molecular weight is 266 g/mol. The monoisotopic (exact) mass is 266 g/mol. The Morgan fingerprint density at radius 1 is 1.47 bits per heavy atom. The van der Waals surface area contributed by atoms with E-state index in [1.54, 1.807) is 12.1 Å². The van der Waals surface area contributed by atoms with Gasteiger partial charge < -0.3 is 15.0 Å². The topological polar surface area (TPSA) is 24.5 Å². The molecule has 4 heteroatoms. The molecule has 3 nitrogen and oxygen atoms in total. The molecule has 0 saturated carbocycles. The largest absolute Gasteiger partial charge is 0.381 e. The van der Waals surface area contributed by atoms with Crippen LogP contribution in [-0.2, 0) is 4.74 Å². The van der Waals surface area contributed by atoms with Crippen molar-refractivity contribution in [3.63, 3.8) is 0 Å². The standard InChI is InChI=1S/C15H23FN2O/c1-17-10-15(7-4-8-19-12-15)11-18(2)14-6-3-5-13(16)9-14/h3,5-6,9,17H,4,7-8,10-12H2,1-2H3. The second-order valence-electron chi connectivity index (χ2n) is 5.52. The van der Waals surface area contributed by atoms with Gasteiger partial charge in [0.2, 0.25) is 0 Å². The maximum Gasteiger partial charge on any atom is 0.125 e. The van der Waals surface area contributed by atoms with Crippen molar-refractivity contribution in [2.75, 3.05) is 45.3 Å². The Balaban J connectivity index is 2.08. The molecule has 1 aromatic carbocycles. The van der Waals surface area contributed by atoms with Gasteiger partial charge in [0.15, 0.2) is 0 Å². The van der Waals surface area contributed by atoms with Gasteiger partial charge in [-0.2, -0.15) is 0 Å². The summed E-state index contributed by atoms with van der Waals surface area (Å²) < 4.78 is 18.9. The lowest BCUT2D eigenvalue weighted by atomic mass is 9.81. The van der Waals surface area contributed by atoms with Gasteiger partial charge in [0.25, 0.3) is 0 Å². The van der Waals surface area contributed by atoms with E-state index in [9.17, 15) is 4.39 Å². The van der Waals surface area contributed by atoms with Crippen LogP contribution >= 0.6 is 0 Å². The lowest BCUT2D eigenvalue weighted by molar-refractivity contribution is -0.00183. The van der Waals surface area contributed by atoms with Gasteiger partial charge in [-0.15, -0.1) is 0 Å². The first-order valence-electron chi connectivity index (χ1n) is 6.84. The highest BCUT2D eigenvalue weighted by atomic mass is 19.1. The van der Waals surface area contributed by atoms with Crippen LogP contribution in [0.2, 0.25) is 0 Å². The van der Waals surface area contributed by atoms with Gasteiger partial charge in [0.1, 0.15) is 5.82 Å². The zero-order valence-corrected chi connectivity index (χ0v) is 11.8. The molecule has 1 fully saturated rings. The summed E-state index contributed by atoms with van der Waals surface area (Å²) in [6.07, 6.45) is 2.24. The Bertz CT molecular complexity index is 399. The van der Waals surface area contributed by atoms with E-state index in [4.69, 9.17) is 4.74 Å². The molecular weight excluding hydrogens is 243 g/mol. The van der Waals surface area contributed by atoms with Gasteiger partial charge in [0.05, 0.1) is 6.61 Å². The van der Waals surface area contributed by atoms with Crippen molar-refractivity contribution < 1.29 is 9.13 Å². The minimum atomic E-state index is -0.188. The highest BCUT2D eigenvalue weighted by molar-refractivity contribution is 5.45. The summed E-state index contributed by atoms with van der Waals surface area (Å²) in [5, 5.41) is 3.27. The number of nitrogens with one attached hydrogen (secondary N) is 1. The van der Waals surface area contributed by atoms with E-state index in [1.807, 2.05) is 20.2 Å². The van der Waals surface area contributed by atoms with Gasteiger partial charge >= 0.3 is 0 Å². The van der Waals surface area contributed by atoms with Crippen LogP contribution in [0.15, 0.2) is 24.3 Å². The number of benzene rings is 1. The van der Waals surface area contributed by atoms with E-state index in [0.717, 1.165) is 44.8 Å². The van der Waals surface area contributed by atoms with Crippen molar-refractivity contribution in [1.82, 2.24) is 5.32 Å². The number of hydrogen-bond donors (Lipinski definition) is 1. The Morgan fingerprint density at radius 3 is 2.95 bits per heavy atom. The van der Waals surface area contributed by atoms with Gasteiger partial charge in [-0.05, 0) is 38.1 Å². The molecule has 0 amide bonds. The molecule has 106 valence electrons. The van der Waals surface area contributed by atoms with Crippen molar-refractivity contribution in [3.8, 4) is 0 Å². The first kappa shape index (κ1) is 14.3. The van der Waals surface area contributed by atoms with E-state index in [-0.39, 0.29) is 11.2 Å². The normalized spacial score (nSPS) is 23.3. The summed E-state index contributed by atoms with van der Waals surface area (Å²) in [5.74, 6) is -0.188. The van der Waals surface area contributed by atoms with Crippen LogP contribution in [0, 0.1) is 11.2 Å². The van der Waals surface area contributed by atoms with Gasteiger partial charge in [-0.1, -0.05) is 6.07 Å². The van der Waals surface area contributed by atoms with Crippen LogP contribution < -0.4 is 10.2 Å². The van der Waals surface area contributed by atoms with Crippen molar-refractivity contribution >= 4 is 5.69 Å². The molecule has 1 unspecified atom stereocenters. The minimum Gasteiger partial charge on any atom is -0.381 e. The molecule has 0 aromatic heterocycles. The van der Waals surface area contributed by atoms with Gasteiger partial charge in [-0.3, -0.25) is 0 Å². The first-order chi connectivity index (χ1) is 9.15. The van der Waals surface area contributed by atoms with E-state index < -0.39 is 0 Å². The van der Waals surface area contributed by atoms with E-state index in [1.165, 1.54) is 6.07 Å². The third kappa shape index (κ3) is 3.67. The molecule has 0 aliphatic carbocycles. The van der Waals surface area contributed by atoms with Crippen molar-refractivity contribution in [2.45, 2.75) is 12.8 Å². The van der Waals surface area contributed by atoms with Crippen molar-refractivity contribution in [2.24, 2.45) is 5.41 Å². The van der Waals surface area contributed by atoms with Crippen molar-refractivity contribution in [3.05, 3.63) is 30.1 Å². The van der Waals surface area contributed by atoms with Gasteiger partial charge in [-0.25, -0.2) is 4.39 Å². The van der Waals surface area contributed by atoms with Crippen LogP contribution in [0.4, 0.5) is 10.1 Å². The van der Waals surface area contributed by atoms with Crippen LogP contribution in [0.5, 0.6) is 0 Å². The molecular formula is C15H23FN2O. The summed E-state index contributed by atoms with van der Waals surface area (Å²) in [7, 11) is 3.99. The number of ether oxygens (including phenoxy) is 1. The van der Waals surface area contributed by atoms with Gasteiger partial charge in [0, 0.05) is 37.8 Å². The second kappa shape index (κ2) is 6.35. The zero-order chi connectivity index (χ0) is 13.7. The summed E-state index contributed by atoms with van der Waals surface area (Å²) in [4.78, 5) is 2.12. The zero-order valence-electron chi connectivity index (χ0n) is 11.8. The summed E-state index contributed by atoms with van der Waals surface area (Å²) in [6.45, 7) is 3.42. The Kier molecular flexibility index (Phi) is 4.77. The number of nitrogens with zero attached hydrogens (tertiary/aromatic N) is 1. The molecule has 2 rings (SSSR count). The van der Waals surface area contributed by atoms with E-state index in [2.05, 4.69) is 10.2 Å². The molecule has 1 aliphatic rings. The smallest absolute Gasteiger partial charge is 0.125 e. The summed E-state index contributed by atoms with van der Waals surface area (Å²) in [6, 6.07) is 6.75. The maximum absolute atomic E-state index is 13.3. The fraction of sp³-hybridized carbons (Fsp3) is 0.600. The lowest BCUT2D eigenvalue weighted by Gasteiger charge is -2.40. The number of hydrogen-bond acceptors (Lipinski definition) is 3. The van der Waals surface area contributed by atoms with Crippen molar-refractivity contribution in [1.29, 1.82) is 0 Å². The Morgan fingerprint density at radius 2 is 2.32 bits per heavy atom. The lowest BCUT2D eigenvalue weighted by Crippen LogP contribution is -2.47. The average Bonchev–Trinajstić information content (AvgIpc) is 2.40. The molecule has 0 radical (unpaired) electrons. The number of anilines is 1. The van der Waals surface area contributed by atoms with Crippen LogP contribution in [0.25, 0.3) is 0 Å². The summed E-state index contributed by atoms with van der Waals surface area (Å²) in [5.41, 5.74) is 1.04.